The molecule has 0 heterocycles. The minimum absolute atomic E-state index is 0.405. The zero-order valence-electron chi connectivity index (χ0n) is 25.3. The van der Waals surface area contributed by atoms with Gasteiger partial charge in [0.05, 0.1) is 20.9 Å². The van der Waals surface area contributed by atoms with Crippen LogP contribution in [0.1, 0.15) is 26.3 Å². The van der Waals surface area contributed by atoms with E-state index >= 15 is 0 Å². The minimum atomic E-state index is -4.25. The van der Waals surface area contributed by atoms with Crippen LogP contribution in [0.3, 0.4) is 0 Å². The topological polar surface area (TPSA) is 109 Å². The zero-order chi connectivity index (χ0) is 33.3. The molecule has 8 heteroatoms. The van der Waals surface area contributed by atoms with Gasteiger partial charge in [-0.25, -0.2) is 18.0 Å². The SMILES string of the molecule is O=C(O)c1ccccc1S(=O)(=O)c1ccccc1C(=O)O.c1ccc(C[PH](c2ccccc2)(c2ccccc2)c2ccccc2)cc1. The number of hydrogen-bond donors (Lipinski definition) is 2. The molecule has 0 amide bonds. The van der Waals surface area contributed by atoms with Gasteiger partial charge in [-0.05, 0) is 24.3 Å². The standard InChI is InChI=1S/C25H23P.C14H10O6S/c1-5-13-22(14-6-1)21-26(23-15-7-2-8-16-23,24-17-9-3-10-18-24)25-19-11-4-12-20-25;15-13(16)9-5-1-3-7-11(9)21(19,20)12-8-4-2-6-10(12)14(17)18/h1-20,26H,21H2;1-8H,(H,15,16)(H,17,18). The molecule has 0 aliphatic rings. The van der Waals surface area contributed by atoms with Crippen molar-refractivity contribution in [2.75, 3.05) is 0 Å². The number of aromatic carboxylic acids is 2. The molecule has 6 aromatic carbocycles. The number of benzene rings is 6. The predicted octanol–water partition coefficient (Wildman–Crippen LogP) is 6.83. The summed E-state index contributed by atoms with van der Waals surface area (Å²) in [7, 11) is -6.42. The molecule has 0 saturated heterocycles. The molecular weight excluding hydrogens is 627 g/mol. The van der Waals surface area contributed by atoms with Crippen LogP contribution in [0.4, 0.5) is 0 Å². The van der Waals surface area contributed by atoms with Crippen LogP contribution in [-0.4, -0.2) is 30.6 Å². The first-order chi connectivity index (χ1) is 22.7. The monoisotopic (exact) mass is 660 g/mol. The van der Waals surface area contributed by atoms with Crippen molar-refractivity contribution in [2.24, 2.45) is 0 Å². The summed E-state index contributed by atoms with van der Waals surface area (Å²) in [4.78, 5) is 21.4. The third-order valence-electron chi connectivity index (χ3n) is 7.93. The van der Waals surface area contributed by atoms with E-state index < -0.39 is 50.0 Å². The van der Waals surface area contributed by atoms with E-state index in [0.717, 1.165) is 30.4 Å². The van der Waals surface area contributed by atoms with Gasteiger partial charge in [-0.15, -0.1) is 0 Å². The van der Waals surface area contributed by atoms with Gasteiger partial charge in [0.1, 0.15) is 0 Å². The Hall–Kier alpha value is -5.36. The molecule has 0 atom stereocenters. The van der Waals surface area contributed by atoms with E-state index in [2.05, 4.69) is 121 Å². The van der Waals surface area contributed by atoms with E-state index in [9.17, 15) is 18.0 Å². The summed E-state index contributed by atoms with van der Waals surface area (Å²) in [6.07, 6.45) is 1.06. The molecule has 6 rings (SSSR count). The maximum atomic E-state index is 12.6. The van der Waals surface area contributed by atoms with Gasteiger partial charge in [-0.2, -0.15) is 0 Å². The molecule has 0 aromatic heterocycles. The van der Waals surface area contributed by atoms with Crippen LogP contribution >= 0.6 is 7.26 Å². The quantitative estimate of drug-likeness (QED) is 0.165. The summed E-state index contributed by atoms with van der Waals surface area (Å²) in [5.41, 5.74) is 0.589. The van der Waals surface area contributed by atoms with Gasteiger partial charge in [0.15, 0.2) is 0 Å². The molecule has 0 unspecified atom stereocenters. The Morgan fingerprint density at radius 1 is 0.447 bits per heavy atom. The second kappa shape index (κ2) is 14.8. The van der Waals surface area contributed by atoms with Crippen LogP contribution < -0.4 is 15.9 Å². The fraction of sp³-hybridized carbons (Fsp3) is 0.0256. The van der Waals surface area contributed by atoms with E-state index in [1.54, 1.807) is 0 Å². The van der Waals surface area contributed by atoms with Crippen molar-refractivity contribution in [1.82, 2.24) is 0 Å². The fourth-order valence-electron chi connectivity index (χ4n) is 5.75. The Balaban J connectivity index is 0.000000189. The van der Waals surface area contributed by atoms with Crippen LogP contribution in [-0.2, 0) is 16.0 Å². The molecule has 2 N–H and O–H groups in total. The fourth-order valence-corrected chi connectivity index (χ4v) is 12.1. The molecule has 0 aliphatic carbocycles. The van der Waals surface area contributed by atoms with Crippen LogP contribution in [0.2, 0.25) is 0 Å². The third-order valence-corrected chi connectivity index (χ3v) is 14.7. The number of carboxylic acid groups (broad SMARTS) is 2. The van der Waals surface area contributed by atoms with Crippen LogP contribution in [0.15, 0.2) is 180 Å². The third kappa shape index (κ3) is 7.23. The first-order valence-electron chi connectivity index (χ1n) is 14.9. The van der Waals surface area contributed by atoms with Crippen molar-refractivity contribution < 1.29 is 28.2 Å². The van der Waals surface area contributed by atoms with E-state index in [-0.39, 0.29) is 0 Å². The molecular formula is C39H33O6PS. The van der Waals surface area contributed by atoms with Gasteiger partial charge < -0.3 is 10.2 Å². The van der Waals surface area contributed by atoms with Gasteiger partial charge in [0, 0.05) is 0 Å². The van der Waals surface area contributed by atoms with E-state index in [4.69, 9.17) is 10.2 Å². The molecule has 47 heavy (non-hydrogen) atoms. The Morgan fingerprint density at radius 2 is 0.745 bits per heavy atom. The Kier molecular flexibility index (Phi) is 10.4. The summed E-state index contributed by atoms with van der Waals surface area (Å²) in [5.74, 6) is -2.80. The number of hydrogen-bond acceptors (Lipinski definition) is 4. The van der Waals surface area contributed by atoms with Gasteiger partial charge >= 0.3 is 168 Å². The summed E-state index contributed by atoms with van der Waals surface area (Å²) in [6.45, 7) is 0. The van der Waals surface area contributed by atoms with Crippen LogP contribution in [0, 0.1) is 0 Å². The normalized spacial score (nSPS) is 11.5. The van der Waals surface area contributed by atoms with Crippen LogP contribution in [0.25, 0.3) is 0 Å². The molecule has 0 saturated carbocycles. The summed E-state index contributed by atoms with van der Waals surface area (Å²) in [6, 6.07) is 54.3. The van der Waals surface area contributed by atoms with Crippen molar-refractivity contribution in [1.29, 1.82) is 0 Å². The molecule has 0 fully saturated rings. The van der Waals surface area contributed by atoms with Crippen molar-refractivity contribution in [2.45, 2.75) is 16.0 Å². The molecule has 0 aliphatic heterocycles. The van der Waals surface area contributed by atoms with Crippen molar-refractivity contribution >= 4 is 45.0 Å². The van der Waals surface area contributed by atoms with Crippen molar-refractivity contribution in [3.8, 4) is 0 Å². The molecule has 6 aromatic rings. The average Bonchev–Trinajstić information content (AvgIpc) is 3.12. The van der Waals surface area contributed by atoms with Gasteiger partial charge in [0.2, 0.25) is 9.84 Å². The first-order valence-corrected chi connectivity index (χ1v) is 18.5. The number of rotatable bonds is 9. The number of sulfone groups is 1. The maximum absolute atomic E-state index is 12.6. The second-order valence-electron chi connectivity index (χ2n) is 10.8. The second-order valence-corrected chi connectivity index (χ2v) is 16.6. The molecule has 0 bridgehead atoms. The molecule has 6 nitrogen and oxygen atoms in total. The average molecular weight is 661 g/mol. The molecule has 0 radical (unpaired) electrons. The molecule has 236 valence electrons. The Bertz CT molecular complexity index is 1910. The van der Waals surface area contributed by atoms with Gasteiger partial charge in [0.25, 0.3) is 0 Å². The van der Waals surface area contributed by atoms with Crippen molar-refractivity contribution in [3.63, 3.8) is 0 Å². The van der Waals surface area contributed by atoms with Gasteiger partial charge in [-0.1, -0.05) is 24.3 Å². The van der Waals surface area contributed by atoms with E-state index in [1.807, 2.05) is 0 Å². The number of carbonyl (C=O) groups is 2. The first kappa shape index (κ1) is 33.0. The Morgan fingerprint density at radius 3 is 1.09 bits per heavy atom. The Labute approximate surface area is 274 Å². The van der Waals surface area contributed by atoms with E-state index in [0.29, 0.717) is 0 Å². The summed E-state index contributed by atoms with van der Waals surface area (Å²) in [5, 5.41) is 22.5. The van der Waals surface area contributed by atoms with E-state index in [1.165, 1.54) is 45.7 Å². The van der Waals surface area contributed by atoms with Crippen LogP contribution in [0.5, 0.6) is 0 Å². The van der Waals surface area contributed by atoms with Crippen molar-refractivity contribution in [3.05, 3.63) is 187 Å². The summed E-state index contributed by atoms with van der Waals surface area (Å²) >= 11 is 0. The number of carboxylic acids is 2. The molecule has 0 spiro atoms. The summed E-state index contributed by atoms with van der Waals surface area (Å²) < 4.78 is 25.1. The predicted molar refractivity (Wildman–Crippen MR) is 189 cm³/mol. The zero-order valence-corrected chi connectivity index (χ0v) is 27.1. The van der Waals surface area contributed by atoms with Gasteiger partial charge in [-0.3, -0.25) is 0 Å².